The van der Waals surface area contributed by atoms with E-state index in [1.807, 2.05) is 48.5 Å². The quantitative estimate of drug-likeness (QED) is 0.642. The molecular weight excluding hydrogens is 306 g/mol. The standard InChI is InChI=1S/C19H17NO4/c1-23-18(21)11-17(19(22)24-2)20-12-13-7-3-4-8-14(13)15-9-5-6-10-16(15)20/h3-11H,12H2,1-2H3/b17-11+. The lowest BCUT2D eigenvalue weighted by atomic mass is 9.93. The summed E-state index contributed by atoms with van der Waals surface area (Å²) in [6.07, 6.45) is 1.16. The molecular formula is C19H17NO4. The SMILES string of the molecule is COC(=O)/C=C(\C(=O)OC)N1Cc2ccccc2-c2ccccc21. The Morgan fingerprint density at radius 2 is 1.62 bits per heavy atom. The van der Waals surface area contributed by atoms with Crippen LogP contribution >= 0.6 is 0 Å². The summed E-state index contributed by atoms with van der Waals surface area (Å²) < 4.78 is 9.53. The molecule has 0 saturated heterocycles. The summed E-state index contributed by atoms with van der Waals surface area (Å²) in [5, 5.41) is 0. The topological polar surface area (TPSA) is 55.8 Å². The van der Waals surface area contributed by atoms with E-state index < -0.39 is 11.9 Å². The van der Waals surface area contributed by atoms with E-state index in [0.29, 0.717) is 6.54 Å². The van der Waals surface area contributed by atoms with Crippen molar-refractivity contribution >= 4 is 17.6 Å². The molecule has 0 N–H and O–H groups in total. The minimum absolute atomic E-state index is 0.145. The molecule has 5 heteroatoms. The van der Waals surface area contributed by atoms with Crippen LogP contribution in [0.4, 0.5) is 5.69 Å². The van der Waals surface area contributed by atoms with Crippen LogP contribution in [0.1, 0.15) is 5.56 Å². The van der Waals surface area contributed by atoms with Crippen LogP contribution in [0.25, 0.3) is 11.1 Å². The summed E-state index contributed by atoms with van der Waals surface area (Å²) in [7, 11) is 2.56. The Labute approximate surface area is 140 Å². The highest BCUT2D eigenvalue weighted by Gasteiger charge is 2.28. The lowest BCUT2D eigenvalue weighted by molar-refractivity contribution is -0.138. The number of methoxy groups -OCH3 is 2. The third-order valence-corrected chi connectivity index (χ3v) is 3.97. The van der Waals surface area contributed by atoms with E-state index in [9.17, 15) is 9.59 Å². The number of esters is 2. The van der Waals surface area contributed by atoms with E-state index in [2.05, 4.69) is 4.74 Å². The van der Waals surface area contributed by atoms with Gasteiger partial charge in [0.1, 0.15) is 5.70 Å². The predicted molar refractivity (Wildman–Crippen MR) is 90.2 cm³/mol. The van der Waals surface area contributed by atoms with Crippen LogP contribution in [0.2, 0.25) is 0 Å². The molecule has 1 aliphatic rings. The van der Waals surface area contributed by atoms with Crippen molar-refractivity contribution in [3.8, 4) is 11.1 Å². The first-order valence-electron chi connectivity index (χ1n) is 7.48. The number of hydrogen-bond acceptors (Lipinski definition) is 5. The molecule has 0 radical (unpaired) electrons. The van der Waals surface area contributed by atoms with Crippen molar-refractivity contribution in [3.05, 3.63) is 65.9 Å². The van der Waals surface area contributed by atoms with Gasteiger partial charge in [0.15, 0.2) is 0 Å². The monoisotopic (exact) mass is 323 g/mol. The Morgan fingerprint density at radius 3 is 2.33 bits per heavy atom. The Hall–Kier alpha value is -3.08. The number of anilines is 1. The summed E-state index contributed by atoms with van der Waals surface area (Å²) in [4.78, 5) is 25.7. The average molecular weight is 323 g/mol. The van der Waals surface area contributed by atoms with Gasteiger partial charge in [-0.15, -0.1) is 0 Å². The van der Waals surface area contributed by atoms with Gasteiger partial charge < -0.3 is 14.4 Å². The normalized spacial score (nSPS) is 12.9. The number of nitrogens with zero attached hydrogens (tertiary/aromatic N) is 1. The van der Waals surface area contributed by atoms with Crippen molar-refractivity contribution in [1.29, 1.82) is 0 Å². The van der Waals surface area contributed by atoms with Crippen LogP contribution in [-0.4, -0.2) is 26.2 Å². The second-order valence-electron chi connectivity index (χ2n) is 5.30. The number of benzene rings is 2. The molecule has 0 spiro atoms. The number of ether oxygens (including phenoxy) is 2. The minimum atomic E-state index is -0.605. The highest BCUT2D eigenvalue weighted by Crippen LogP contribution is 2.40. The van der Waals surface area contributed by atoms with E-state index in [0.717, 1.165) is 28.5 Å². The number of carbonyl (C=O) groups is 2. The Morgan fingerprint density at radius 1 is 0.958 bits per heavy atom. The maximum atomic E-state index is 12.2. The zero-order valence-electron chi connectivity index (χ0n) is 13.5. The summed E-state index contributed by atoms with van der Waals surface area (Å²) in [6, 6.07) is 15.7. The van der Waals surface area contributed by atoms with Crippen molar-refractivity contribution in [2.75, 3.05) is 19.1 Å². The van der Waals surface area contributed by atoms with Gasteiger partial charge in [-0.3, -0.25) is 0 Å². The smallest absolute Gasteiger partial charge is 0.354 e. The Balaban J connectivity index is 2.16. The first kappa shape index (κ1) is 15.8. The van der Waals surface area contributed by atoms with Gasteiger partial charge in [0.05, 0.1) is 20.3 Å². The molecule has 0 atom stereocenters. The molecule has 122 valence electrons. The molecule has 24 heavy (non-hydrogen) atoms. The van der Waals surface area contributed by atoms with E-state index in [1.165, 1.54) is 14.2 Å². The summed E-state index contributed by atoms with van der Waals surface area (Å²) in [5.74, 6) is -1.19. The number of fused-ring (bicyclic) bond motifs is 3. The molecule has 1 aliphatic heterocycles. The zero-order valence-corrected chi connectivity index (χ0v) is 13.5. The van der Waals surface area contributed by atoms with Gasteiger partial charge in [-0.25, -0.2) is 9.59 Å². The third kappa shape index (κ3) is 2.76. The fourth-order valence-electron chi connectivity index (χ4n) is 2.85. The second kappa shape index (κ2) is 6.58. The van der Waals surface area contributed by atoms with Crippen LogP contribution in [0.3, 0.4) is 0 Å². The van der Waals surface area contributed by atoms with E-state index in [4.69, 9.17) is 4.74 Å². The first-order chi connectivity index (χ1) is 11.7. The van der Waals surface area contributed by atoms with Crippen molar-refractivity contribution in [1.82, 2.24) is 0 Å². The van der Waals surface area contributed by atoms with Crippen molar-refractivity contribution in [2.24, 2.45) is 0 Å². The van der Waals surface area contributed by atoms with Crippen LogP contribution in [-0.2, 0) is 25.6 Å². The van der Waals surface area contributed by atoms with Crippen LogP contribution in [0.15, 0.2) is 60.3 Å². The van der Waals surface area contributed by atoms with Crippen molar-refractivity contribution in [3.63, 3.8) is 0 Å². The van der Waals surface area contributed by atoms with E-state index >= 15 is 0 Å². The largest absolute Gasteiger partial charge is 0.466 e. The molecule has 0 saturated carbocycles. The molecule has 2 aromatic carbocycles. The predicted octanol–water partition coefficient (Wildman–Crippen LogP) is 2.90. The average Bonchev–Trinajstić information content (AvgIpc) is 2.64. The second-order valence-corrected chi connectivity index (χ2v) is 5.30. The maximum absolute atomic E-state index is 12.2. The molecule has 3 rings (SSSR count). The molecule has 0 bridgehead atoms. The van der Waals surface area contributed by atoms with Gasteiger partial charge >= 0.3 is 11.9 Å². The lowest BCUT2D eigenvalue weighted by Gasteiger charge is -2.33. The number of hydrogen-bond donors (Lipinski definition) is 0. The lowest BCUT2D eigenvalue weighted by Crippen LogP contribution is -2.31. The molecule has 5 nitrogen and oxygen atoms in total. The summed E-state index contributed by atoms with van der Waals surface area (Å²) >= 11 is 0. The van der Waals surface area contributed by atoms with Crippen molar-refractivity contribution < 1.29 is 19.1 Å². The highest BCUT2D eigenvalue weighted by molar-refractivity contribution is 6.01. The van der Waals surface area contributed by atoms with Gasteiger partial charge in [-0.05, 0) is 17.2 Å². The number of rotatable bonds is 3. The van der Waals surface area contributed by atoms with Gasteiger partial charge in [0.2, 0.25) is 0 Å². The van der Waals surface area contributed by atoms with Gasteiger partial charge in [0, 0.05) is 17.8 Å². The first-order valence-corrected chi connectivity index (χ1v) is 7.48. The Bertz CT molecular complexity index is 826. The van der Waals surface area contributed by atoms with Crippen molar-refractivity contribution in [2.45, 2.75) is 6.54 Å². The molecule has 0 aliphatic carbocycles. The number of para-hydroxylation sites is 1. The van der Waals surface area contributed by atoms with Crippen LogP contribution < -0.4 is 4.90 Å². The van der Waals surface area contributed by atoms with Crippen LogP contribution in [0.5, 0.6) is 0 Å². The van der Waals surface area contributed by atoms with Gasteiger partial charge in [-0.1, -0.05) is 42.5 Å². The highest BCUT2D eigenvalue weighted by atomic mass is 16.5. The minimum Gasteiger partial charge on any atom is -0.466 e. The zero-order chi connectivity index (χ0) is 17.1. The van der Waals surface area contributed by atoms with Gasteiger partial charge in [0.25, 0.3) is 0 Å². The fraction of sp³-hybridized carbons (Fsp3) is 0.158. The van der Waals surface area contributed by atoms with E-state index in [1.54, 1.807) is 4.90 Å². The molecule has 0 amide bonds. The molecule has 2 aromatic rings. The maximum Gasteiger partial charge on any atom is 0.354 e. The van der Waals surface area contributed by atoms with Crippen LogP contribution in [0, 0.1) is 0 Å². The molecule has 1 heterocycles. The molecule has 0 aromatic heterocycles. The van der Waals surface area contributed by atoms with E-state index in [-0.39, 0.29) is 5.70 Å². The summed E-state index contributed by atoms with van der Waals surface area (Å²) in [6.45, 7) is 0.463. The number of carbonyl (C=O) groups excluding carboxylic acids is 2. The summed E-state index contributed by atoms with van der Waals surface area (Å²) in [5.41, 5.74) is 4.17. The molecule has 0 fully saturated rings. The Kier molecular flexibility index (Phi) is 4.33. The fourth-order valence-corrected chi connectivity index (χ4v) is 2.85. The van der Waals surface area contributed by atoms with Gasteiger partial charge in [-0.2, -0.15) is 0 Å². The third-order valence-electron chi connectivity index (χ3n) is 3.97. The molecule has 0 unspecified atom stereocenters.